The van der Waals surface area contributed by atoms with Crippen molar-refractivity contribution in [1.29, 1.82) is 0 Å². The summed E-state index contributed by atoms with van der Waals surface area (Å²) >= 11 is 6.37. The minimum Gasteiger partial charge on any atom is -0.506 e. The second-order valence-corrected chi connectivity index (χ2v) is 5.82. The summed E-state index contributed by atoms with van der Waals surface area (Å²) < 4.78 is 0. The Morgan fingerprint density at radius 2 is 1.91 bits per heavy atom. The van der Waals surface area contributed by atoms with Crippen LogP contribution < -0.4 is 5.32 Å². The van der Waals surface area contributed by atoms with Crippen molar-refractivity contribution in [2.75, 3.05) is 5.32 Å². The minimum absolute atomic E-state index is 0.0470. The van der Waals surface area contributed by atoms with Crippen molar-refractivity contribution in [3.05, 3.63) is 52.0 Å². The van der Waals surface area contributed by atoms with E-state index in [1.165, 1.54) is 6.07 Å². The van der Waals surface area contributed by atoms with Crippen LogP contribution in [-0.2, 0) is 0 Å². The minimum atomic E-state index is -1.04. The van der Waals surface area contributed by atoms with Crippen molar-refractivity contribution in [1.82, 2.24) is 0 Å². The van der Waals surface area contributed by atoms with Gasteiger partial charge in [-0.3, -0.25) is 0 Å². The van der Waals surface area contributed by atoms with E-state index in [1.807, 2.05) is 20.8 Å². The summed E-state index contributed by atoms with van der Waals surface area (Å²) in [6, 6.07) is 8.11. The normalized spacial score (nSPS) is 10.8. The Morgan fingerprint density at radius 1 is 1.27 bits per heavy atom. The van der Waals surface area contributed by atoms with Crippen LogP contribution in [0.4, 0.5) is 11.4 Å². The van der Waals surface area contributed by atoms with Crippen molar-refractivity contribution >= 4 is 28.9 Å². The predicted octanol–water partition coefficient (Wildman–Crippen LogP) is 4.92. The van der Waals surface area contributed by atoms with Crippen LogP contribution in [-0.4, -0.2) is 16.2 Å². The van der Waals surface area contributed by atoms with Crippen molar-refractivity contribution in [2.45, 2.75) is 26.7 Å². The Morgan fingerprint density at radius 3 is 2.50 bits per heavy atom. The predicted molar refractivity (Wildman–Crippen MR) is 88.6 cm³/mol. The van der Waals surface area contributed by atoms with Gasteiger partial charge in [0.1, 0.15) is 5.75 Å². The van der Waals surface area contributed by atoms with Gasteiger partial charge in [-0.2, -0.15) is 0 Å². The fourth-order valence-electron chi connectivity index (χ4n) is 2.39. The third-order valence-electron chi connectivity index (χ3n) is 3.46. The van der Waals surface area contributed by atoms with Gasteiger partial charge in [0.2, 0.25) is 0 Å². The summed E-state index contributed by atoms with van der Waals surface area (Å²) in [6.07, 6.45) is 0. The highest BCUT2D eigenvalue weighted by atomic mass is 35.5. The van der Waals surface area contributed by atoms with E-state index in [4.69, 9.17) is 11.6 Å². The molecule has 5 heteroatoms. The number of hydrogen-bond donors (Lipinski definition) is 3. The molecule has 0 aromatic heterocycles. The van der Waals surface area contributed by atoms with E-state index in [1.54, 1.807) is 24.3 Å². The van der Waals surface area contributed by atoms with E-state index < -0.39 is 5.97 Å². The van der Waals surface area contributed by atoms with E-state index >= 15 is 0 Å². The number of anilines is 2. The Balaban J connectivity index is 2.60. The zero-order valence-electron chi connectivity index (χ0n) is 12.6. The van der Waals surface area contributed by atoms with Crippen LogP contribution in [0.3, 0.4) is 0 Å². The van der Waals surface area contributed by atoms with E-state index in [0.717, 1.165) is 11.1 Å². The third kappa shape index (κ3) is 3.02. The molecule has 0 aliphatic rings. The first-order chi connectivity index (χ1) is 10.3. The number of carbonyl (C=O) groups is 1. The lowest BCUT2D eigenvalue weighted by Gasteiger charge is -2.20. The van der Waals surface area contributed by atoms with Crippen LogP contribution in [0.15, 0.2) is 30.3 Å². The molecule has 0 saturated heterocycles. The molecule has 0 aliphatic carbocycles. The Labute approximate surface area is 134 Å². The second kappa shape index (κ2) is 6.28. The third-order valence-corrected chi connectivity index (χ3v) is 3.96. The van der Waals surface area contributed by atoms with Gasteiger partial charge in [0, 0.05) is 10.6 Å². The molecule has 0 bridgehead atoms. The molecule has 0 radical (unpaired) electrons. The van der Waals surface area contributed by atoms with E-state index in [2.05, 4.69) is 5.32 Å². The fraction of sp³-hybridized carbons (Fsp3) is 0.235. The molecule has 0 aliphatic heterocycles. The van der Waals surface area contributed by atoms with Gasteiger partial charge in [-0.1, -0.05) is 37.6 Å². The van der Waals surface area contributed by atoms with Crippen LogP contribution in [0, 0.1) is 6.92 Å². The Kier molecular flexibility index (Phi) is 4.62. The molecule has 0 fully saturated rings. The lowest BCUT2D eigenvalue weighted by Crippen LogP contribution is -2.05. The monoisotopic (exact) mass is 319 g/mol. The number of carboxylic acid groups (broad SMARTS) is 1. The standard InChI is InChI=1S/C17H18ClNO3/c1-9(2)14-15(18)10(3)8-13(20)16(14)19-12-7-5-4-6-11(12)17(21)22/h4-9,19-20H,1-3H3,(H,21,22). The van der Waals surface area contributed by atoms with E-state index in [0.29, 0.717) is 16.4 Å². The maximum absolute atomic E-state index is 11.3. The van der Waals surface area contributed by atoms with Crippen LogP contribution in [0.1, 0.15) is 41.3 Å². The average molecular weight is 320 g/mol. The highest BCUT2D eigenvalue weighted by Gasteiger charge is 2.19. The molecule has 0 atom stereocenters. The number of para-hydroxylation sites is 1. The number of carboxylic acids is 1. The highest BCUT2D eigenvalue weighted by molar-refractivity contribution is 6.32. The van der Waals surface area contributed by atoms with Crippen LogP contribution in [0.5, 0.6) is 5.75 Å². The van der Waals surface area contributed by atoms with Gasteiger partial charge in [-0.05, 0) is 36.6 Å². The van der Waals surface area contributed by atoms with Crippen LogP contribution in [0.25, 0.3) is 0 Å². The van der Waals surface area contributed by atoms with Crippen molar-refractivity contribution in [2.24, 2.45) is 0 Å². The molecule has 4 nitrogen and oxygen atoms in total. The smallest absolute Gasteiger partial charge is 0.337 e. The maximum atomic E-state index is 11.3. The van der Waals surface area contributed by atoms with Gasteiger partial charge in [0.25, 0.3) is 0 Å². The number of aryl methyl sites for hydroxylation is 1. The first-order valence-corrected chi connectivity index (χ1v) is 7.32. The summed E-state index contributed by atoms with van der Waals surface area (Å²) in [5, 5.41) is 23.1. The van der Waals surface area contributed by atoms with Gasteiger partial charge >= 0.3 is 5.97 Å². The van der Waals surface area contributed by atoms with Crippen LogP contribution >= 0.6 is 11.6 Å². The number of rotatable bonds is 4. The van der Waals surface area contributed by atoms with Crippen LogP contribution in [0.2, 0.25) is 5.02 Å². The molecule has 116 valence electrons. The summed E-state index contributed by atoms with van der Waals surface area (Å²) in [7, 11) is 0. The molecule has 0 heterocycles. The number of aromatic hydroxyl groups is 1. The quantitative estimate of drug-likeness (QED) is 0.700. The Hall–Kier alpha value is -2.20. The summed E-state index contributed by atoms with van der Waals surface area (Å²) in [5.74, 6) is -0.921. The van der Waals surface area contributed by atoms with Gasteiger partial charge in [-0.15, -0.1) is 0 Å². The first kappa shape index (κ1) is 16.2. The number of benzene rings is 2. The van der Waals surface area contributed by atoms with Crippen molar-refractivity contribution in [3.8, 4) is 5.75 Å². The number of aromatic carboxylic acids is 1. The number of phenols is 1. The van der Waals surface area contributed by atoms with E-state index in [9.17, 15) is 15.0 Å². The first-order valence-electron chi connectivity index (χ1n) is 6.94. The number of phenolic OH excluding ortho intramolecular Hbond substituents is 1. The number of halogens is 1. The Bertz CT molecular complexity index is 726. The fourth-order valence-corrected chi connectivity index (χ4v) is 2.75. The van der Waals surface area contributed by atoms with Crippen molar-refractivity contribution < 1.29 is 15.0 Å². The summed E-state index contributed by atoms with van der Waals surface area (Å²) in [6.45, 7) is 5.76. The molecule has 2 rings (SSSR count). The topological polar surface area (TPSA) is 69.6 Å². The molecular formula is C17H18ClNO3. The molecule has 0 spiro atoms. The molecule has 2 aromatic rings. The highest BCUT2D eigenvalue weighted by Crippen LogP contribution is 2.41. The molecule has 0 amide bonds. The molecule has 0 saturated carbocycles. The lowest BCUT2D eigenvalue weighted by molar-refractivity contribution is 0.0698. The van der Waals surface area contributed by atoms with E-state index in [-0.39, 0.29) is 17.2 Å². The maximum Gasteiger partial charge on any atom is 0.337 e. The zero-order valence-corrected chi connectivity index (χ0v) is 13.4. The summed E-state index contributed by atoms with van der Waals surface area (Å²) in [5.41, 5.74) is 2.53. The van der Waals surface area contributed by atoms with Gasteiger partial charge in [-0.25, -0.2) is 4.79 Å². The number of nitrogens with one attached hydrogen (secondary N) is 1. The lowest BCUT2D eigenvalue weighted by atomic mass is 9.97. The van der Waals surface area contributed by atoms with Gasteiger partial charge in [0.15, 0.2) is 0 Å². The largest absolute Gasteiger partial charge is 0.506 e. The van der Waals surface area contributed by atoms with Crippen molar-refractivity contribution in [3.63, 3.8) is 0 Å². The molecule has 2 aromatic carbocycles. The molecule has 0 unspecified atom stereocenters. The zero-order chi connectivity index (χ0) is 16.4. The molecular weight excluding hydrogens is 302 g/mol. The second-order valence-electron chi connectivity index (χ2n) is 5.45. The number of hydrogen-bond acceptors (Lipinski definition) is 3. The SMILES string of the molecule is Cc1cc(O)c(Nc2ccccc2C(=O)O)c(C(C)C)c1Cl. The van der Waals surface area contributed by atoms with Gasteiger partial charge in [0.05, 0.1) is 16.9 Å². The summed E-state index contributed by atoms with van der Waals surface area (Å²) in [4.78, 5) is 11.3. The average Bonchev–Trinajstić information content (AvgIpc) is 2.44. The molecule has 3 N–H and O–H groups in total. The molecule has 22 heavy (non-hydrogen) atoms. The van der Waals surface area contributed by atoms with Gasteiger partial charge < -0.3 is 15.5 Å².